The van der Waals surface area contributed by atoms with Crippen LogP contribution in [0.4, 0.5) is 5.69 Å². The number of rotatable bonds is 4. The maximum Gasteiger partial charge on any atom is 0.339 e. The Morgan fingerprint density at radius 1 is 1.39 bits per heavy atom. The molecule has 4 nitrogen and oxygen atoms in total. The molecule has 2 rings (SSSR count). The number of hydrogen-bond acceptors (Lipinski definition) is 4. The summed E-state index contributed by atoms with van der Waals surface area (Å²) in [6, 6.07) is 4.97. The van der Waals surface area contributed by atoms with Gasteiger partial charge >= 0.3 is 5.97 Å². The average molecular weight is 269 g/mol. The van der Waals surface area contributed by atoms with Crippen LogP contribution >= 0.6 is 11.6 Å². The van der Waals surface area contributed by atoms with Crippen LogP contribution in [0.15, 0.2) is 18.2 Å². The van der Waals surface area contributed by atoms with Gasteiger partial charge in [-0.3, -0.25) is 4.90 Å². The number of hydrogen-bond donors (Lipinski definition) is 1. The van der Waals surface area contributed by atoms with Crippen molar-refractivity contribution in [1.29, 1.82) is 0 Å². The van der Waals surface area contributed by atoms with E-state index in [-0.39, 0.29) is 5.02 Å². The summed E-state index contributed by atoms with van der Waals surface area (Å²) in [4.78, 5) is 14.1. The highest BCUT2D eigenvalue weighted by atomic mass is 35.5. The molecule has 1 heterocycles. The van der Waals surface area contributed by atoms with Crippen LogP contribution in [-0.2, 0) is 4.74 Å². The van der Waals surface area contributed by atoms with E-state index in [1.165, 1.54) is 12.8 Å². The molecule has 18 heavy (non-hydrogen) atoms. The predicted molar refractivity (Wildman–Crippen MR) is 71.8 cm³/mol. The first-order valence-electron chi connectivity index (χ1n) is 6.12. The fourth-order valence-corrected chi connectivity index (χ4v) is 2.26. The van der Waals surface area contributed by atoms with Crippen molar-refractivity contribution in [3.05, 3.63) is 28.8 Å². The molecule has 1 aromatic rings. The van der Waals surface area contributed by atoms with E-state index in [2.05, 4.69) is 4.90 Å². The van der Waals surface area contributed by atoms with Gasteiger partial charge in [0.1, 0.15) is 6.61 Å². The molecule has 1 aliphatic rings. The van der Waals surface area contributed by atoms with Gasteiger partial charge in [0.2, 0.25) is 0 Å². The molecule has 0 aromatic heterocycles. The molecule has 0 bridgehead atoms. The summed E-state index contributed by atoms with van der Waals surface area (Å²) in [5.41, 5.74) is 6.36. The zero-order valence-electron chi connectivity index (χ0n) is 10.2. The second-order valence-corrected chi connectivity index (χ2v) is 4.77. The van der Waals surface area contributed by atoms with Gasteiger partial charge in [0.15, 0.2) is 0 Å². The van der Waals surface area contributed by atoms with E-state index in [1.54, 1.807) is 18.2 Å². The lowest BCUT2D eigenvalue weighted by Crippen LogP contribution is -2.25. The maximum atomic E-state index is 11.8. The van der Waals surface area contributed by atoms with Gasteiger partial charge in [0, 0.05) is 6.54 Å². The molecule has 0 atom stereocenters. The molecule has 0 saturated carbocycles. The summed E-state index contributed by atoms with van der Waals surface area (Å²) in [7, 11) is 0. The van der Waals surface area contributed by atoms with Gasteiger partial charge in [0.05, 0.1) is 16.3 Å². The van der Waals surface area contributed by atoms with E-state index in [0.29, 0.717) is 17.9 Å². The third-order valence-corrected chi connectivity index (χ3v) is 3.51. The summed E-state index contributed by atoms with van der Waals surface area (Å²) >= 11 is 5.96. The zero-order chi connectivity index (χ0) is 13.0. The predicted octanol–water partition coefficient (Wildman–Crippen LogP) is 2.17. The average Bonchev–Trinajstić information content (AvgIpc) is 2.85. The lowest BCUT2D eigenvalue weighted by atomic mass is 10.2. The van der Waals surface area contributed by atoms with Crippen LogP contribution in [0.5, 0.6) is 0 Å². The number of likely N-dealkylation sites (tertiary alicyclic amines) is 1. The van der Waals surface area contributed by atoms with Crippen LogP contribution in [0.1, 0.15) is 23.2 Å². The van der Waals surface area contributed by atoms with Crippen LogP contribution < -0.4 is 5.73 Å². The molecule has 98 valence electrons. The standard InChI is InChI=1S/C13H17ClN2O2/c14-12-10(4-3-5-11(12)15)13(17)18-9-8-16-6-1-2-7-16/h3-5H,1-2,6-9,15H2. The Balaban J connectivity index is 1.85. The van der Waals surface area contributed by atoms with Gasteiger partial charge in [0.25, 0.3) is 0 Å². The molecule has 1 fully saturated rings. The SMILES string of the molecule is Nc1cccc(C(=O)OCCN2CCCC2)c1Cl. The number of nitrogens with two attached hydrogens (primary N) is 1. The van der Waals surface area contributed by atoms with Gasteiger partial charge in [-0.25, -0.2) is 4.79 Å². The van der Waals surface area contributed by atoms with Crippen molar-refractivity contribution in [1.82, 2.24) is 4.90 Å². The van der Waals surface area contributed by atoms with Crippen molar-refractivity contribution < 1.29 is 9.53 Å². The number of carbonyl (C=O) groups excluding carboxylic acids is 1. The second-order valence-electron chi connectivity index (χ2n) is 4.39. The van der Waals surface area contributed by atoms with Gasteiger partial charge in [-0.2, -0.15) is 0 Å². The molecule has 0 unspecified atom stereocenters. The number of esters is 1. The lowest BCUT2D eigenvalue weighted by molar-refractivity contribution is 0.0472. The number of benzene rings is 1. The number of nitrogens with zero attached hydrogens (tertiary/aromatic N) is 1. The molecular formula is C13H17ClN2O2. The van der Waals surface area contributed by atoms with E-state index >= 15 is 0 Å². The van der Waals surface area contributed by atoms with Crippen LogP contribution in [0, 0.1) is 0 Å². The van der Waals surface area contributed by atoms with Crippen molar-refractivity contribution in [2.75, 3.05) is 32.0 Å². The molecule has 0 radical (unpaired) electrons. The van der Waals surface area contributed by atoms with Crippen molar-refractivity contribution in [3.63, 3.8) is 0 Å². The molecular weight excluding hydrogens is 252 g/mol. The Morgan fingerprint density at radius 2 is 2.11 bits per heavy atom. The maximum absolute atomic E-state index is 11.8. The molecule has 1 aromatic carbocycles. The van der Waals surface area contributed by atoms with Crippen molar-refractivity contribution in [2.24, 2.45) is 0 Å². The van der Waals surface area contributed by atoms with E-state index < -0.39 is 5.97 Å². The summed E-state index contributed by atoms with van der Waals surface area (Å²) in [5, 5.41) is 0.267. The smallest absolute Gasteiger partial charge is 0.339 e. The molecule has 0 amide bonds. The molecule has 5 heteroatoms. The quantitative estimate of drug-likeness (QED) is 0.672. The highest BCUT2D eigenvalue weighted by molar-refractivity contribution is 6.36. The van der Waals surface area contributed by atoms with Crippen LogP contribution in [0.3, 0.4) is 0 Å². The highest BCUT2D eigenvalue weighted by Crippen LogP contribution is 2.23. The van der Waals surface area contributed by atoms with Crippen LogP contribution in [-0.4, -0.2) is 37.1 Å². The number of nitrogen functional groups attached to an aromatic ring is 1. The first-order valence-corrected chi connectivity index (χ1v) is 6.50. The minimum atomic E-state index is -0.411. The third kappa shape index (κ3) is 3.15. The highest BCUT2D eigenvalue weighted by Gasteiger charge is 2.15. The van der Waals surface area contributed by atoms with Gasteiger partial charge in [-0.15, -0.1) is 0 Å². The zero-order valence-corrected chi connectivity index (χ0v) is 10.9. The number of ether oxygens (including phenoxy) is 1. The first-order chi connectivity index (χ1) is 8.68. The number of halogens is 1. The van der Waals surface area contributed by atoms with Gasteiger partial charge < -0.3 is 10.5 Å². The molecule has 2 N–H and O–H groups in total. The minimum Gasteiger partial charge on any atom is -0.461 e. The van der Waals surface area contributed by atoms with E-state index in [1.807, 2.05) is 0 Å². The van der Waals surface area contributed by atoms with Gasteiger partial charge in [-0.1, -0.05) is 17.7 Å². The van der Waals surface area contributed by atoms with E-state index in [0.717, 1.165) is 19.6 Å². The van der Waals surface area contributed by atoms with E-state index in [9.17, 15) is 4.79 Å². The Labute approximate surface area is 112 Å². The molecule has 0 aliphatic carbocycles. The monoisotopic (exact) mass is 268 g/mol. The third-order valence-electron chi connectivity index (χ3n) is 3.09. The van der Waals surface area contributed by atoms with Gasteiger partial charge in [-0.05, 0) is 38.1 Å². The summed E-state index contributed by atoms with van der Waals surface area (Å²) in [5.74, 6) is -0.411. The Bertz CT molecular complexity index is 431. The molecule has 1 saturated heterocycles. The second kappa shape index (κ2) is 6.07. The summed E-state index contributed by atoms with van der Waals surface area (Å²) < 4.78 is 5.21. The number of anilines is 1. The summed E-state index contributed by atoms with van der Waals surface area (Å²) in [6.45, 7) is 3.36. The normalized spacial score (nSPS) is 15.8. The van der Waals surface area contributed by atoms with E-state index in [4.69, 9.17) is 22.1 Å². The van der Waals surface area contributed by atoms with Crippen molar-refractivity contribution in [2.45, 2.75) is 12.8 Å². The fourth-order valence-electron chi connectivity index (χ4n) is 2.06. The molecule has 1 aliphatic heterocycles. The minimum absolute atomic E-state index is 0.267. The Kier molecular flexibility index (Phi) is 4.44. The van der Waals surface area contributed by atoms with Crippen LogP contribution in [0.25, 0.3) is 0 Å². The Morgan fingerprint density at radius 3 is 2.83 bits per heavy atom. The topological polar surface area (TPSA) is 55.6 Å². The van der Waals surface area contributed by atoms with Crippen molar-refractivity contribution >= 4 is 23.3 Å². The molecule has 0 spiro atoms. The largest absolute Gasteiger partial charge is 0.461 e. The number of carbonyl (C=O) groups is 1. The lowest BCUT2D eigenvalue weighted by Gasteiger charge is -2.14. The Hall–Kier alpha value is -1.26. The van der Waals surface area contributed by atoms with Crippen molar-refractivity contribution in [3.8, 4) is 0 Å². The summed E-state index contributed by atoms with van der Waals surface area (Å²) in [6.07, 6.45) is 2.46. The fraction of sp³-hybridized carbons (Fsp3) is 0.462. The first kappa shape index (κ1) is 13.2. The van der Waals surface area contributed by atoms with Crippen LogP contribution in [0.2, 0.25) is 5.02 Å².